The first-order valence-electron chi connectivity index (χ1n) is 14.9. The second-order valence-corrected chi connectivity index (χ2v) is 15.6. The van der Waals surface area contributed by atoms with Gasteiger partial charge < -0.3 is 4.74 Å². The maximum absolute atomic E-state index is 11.5. The number of fused-ring (bicyclic) bond motifs is 7. The molecular formula is C32H54O2. The van der Waals surface area contributed by atoms with Crippen molar-refractivity contribution in [2.45, 2.75) is 126 Å². The van der Waals surface area contributed by atoms with Gasteiger partial charge in [-0.05, 0) is 127 Å². The van der Waals surface area contributed by atoms with Gasteiger partial charge in [0, 0.05) is 6.92 Å². The fraction of sp³-hybridized carbons (Fsp3) is 0.969. The van der Waals surface area contributed by atoms with Crippen molar-refractivity contribution in [1.82, 2.24) is 0 Å². The molecule has 2 heteroatoms. The number of esters is 1. The summed E-state index contributed by atoms with van der Waals surface area (Å²) in [5, 5.41) is 0. The summed E-state index contributed by atoms with van der Waals surface area (Å²) in [6.45, 7) is 20.7. The van der Waals surface area contributed by atoms with Gasteiger partial charge in [-0.1, -0.05) is 54.9 Å². The first-order chi connectivity index (χ1) is 15.8. The Hall–Kier alpha value is -0.530. The predicted octanol–water partition coefficient (Wildman–Crippen LogP) is 8.68. The highest BCUT2D eigenvalue weighted by atomic mass is 16.5. The van der Waals surface area contributed by atoms with Crippen LogP contribution >= 0.6 is 0 Å². The second-order valence-electron chi connectivity index (χ2n) is 15.6. The molecular weight excluding hydrogens is 416 g/mol. The lowest BCUT2D eigenvalue weighted by Crippen LogP contribution is -2.65. The van der Waals surface area contributed by atoms with Crippen LogP contribution in [-0.4, -0.2) is 12.6 Å². The molecule has 0 radical (unpaired) electrons. The molecule has 0 aromatic heterocycles. The van der Waals surface area contributed by atoms with Crippen molar-refractivity contribution in [3.05, 3.63) is 0 Å². The van der Waals surface area contributed by atoms with Crippen molar-refractivity contribution in [2.75, 3.05) is 6.61 Å². The van der Waals surface area contributed by atoms with Gasteiger partial charge in [-0.3, -0.25) is 4.79 Å². The number of hydrogen-bond acceptors (Lipinski definition) is 2. The number of rotatable bonds is 3. The largest absolute Gasteiger partial charge is 0.466 e. The molecule has 0 heterocycles. The van der Waals surface area contributed by atoms with E-state index >= 15 is 0 Å². The minimum Gasteiger partial charge on any atom is -0.466 e. The third-order valence-corrected chi connectivity index (χ3v) is 14.0. The maximum atomic E-state index is 11.5. The topological polar surface area (TPSA) is 26.3 Å². The van der Waals surface area contributed by atoms with Gasteiger partial charge >= 0.3 is 5.97 Å². The summed E-state index contributed by atoms with van der Waals surface area (Å²) in [5.41, 5.74) is 2.50. The highest BCUT2D eigenvalue weighted by Crippen LogP contribution is 2.78. The Bertz CT molecular complexity index is 816. The Morgan fingerprint density at radius 2 is 1.38 bits per heavy atom. The van der Waals surface area contributed by atoms with Gasteiger partial charge in [0.2, 0.25) is 0 Å². The number of carbonyl (C=O) groups is 1. The van der Waals surface area contributed by atoms with Crippen molar-refractivity contribution in [2.24, 2.45) is 62.6 Å². The number of hydrogen-bond donors (Lipinski definition) is 0. The van der Waals surface area contributed by atoms with E-state index in [0.717, 1.165) is 29.6 Å². The van der Waals surface area contributed by atoms with Crippen LogP contribution in [-0.2, 0) is 9.53 Å². The van der Waals surface area contributed by atoms with Crippen LogP contribution in [0.5, 0.6) is 0 Å². The summed E-state index contributed by atoms with van der Waals surface area (Å²) in [4.78, 5) is 11.5. The summed E-state index contributed by atoms with van der Waals surface area (Å²) in [6.07, 6.45) is 15.7. The lowest BCUT2D eigenvalue weighted by Gasteiger charge is -2.73. The SMILES string of the molecule is CC(=O)OCC(C)C1CCC2(C)C1CCC1(C)C2CCC2C3(C)CCCC(C)(C)C3CCC21C. The molecule has 194 valence electrons. The minimum absolute atomic E-state index is 0.120. The van der Waals surface area contributed by atoms with Crippen molar-refractivity contribution in [3.8, 4) is 0 Å². The zero-order valence-electron chi connectivity index (χ0n) is 23.8. The van der Waals surface area contributed by atoms with Crippen LogP contribution < -0.4 is 0 Å². The van der Waals surface area contributed by atoms with Gasteiger partial charge in [0.05, 0.1) is 6.61 Å². The predicted molar refractivity (Wildman–Crippen MR) is 140 cm³/mol. The first-order valence-corrected chi connectivity index (χ1v) is 14.9. The quantitative estimate of drug-likeness (QED) is 0.386. The molecule has 5 saturated carbocycles. The van der Waals surface area contributed by atoms with Crippen LogP contribution in [0, 0.1) is 62.6 Å². The summed E-state index contributed by atoms with van der Waals surface area (Å²) in [7, 11) is 0. The van der Waals surface area contributed by atoms with E-state index in [1.807, 2.05) is 0 Å². The van der Waals surface area contributed by atoms with Crippen LogP contribution in [0.3, 0.4) is 0 Å². The van der Waals surface area contributed by atoms with Crippen LogP contribution in [0.15, 0.2) is 0 Å². The van der Waals surface area contributed by atoms with E-state index in [1.54, 1.807) is 6.92 Å². The molecule has 5 aliphatic carbocycles. The Balaban J connectivity index is 1.43. The standard InChI is InChI=1S/C32H54O2/c1-21(20-34-22(2)33)23-12-17-29(5)24(23)13-18-31(7)26(29)10-11-27-30(6)16-9-15-28(3,4)25(30)14-19-32(27,31)8/h21,23-27H,9-20H2,1-8H3. The molecule has 0 amide bonds. The summed E-state index contributed by atoms with van der Waals surface area (Å²) in [6, 6.07) is 0. The minimum atomic E-state index is -0.120. The van der Waals surface area contributed by atoms with Gasteiger partial charge in [0.1, 0.15) is 0 Å². The molecule has 0 spiro atoms. The molecule has 0 bridgehead atoms. The third kappa shape index (κ3) is 3.27. The van der Waals surface area contributed by atoms with Crippen LogP contribution in [0.25, 0.3) is 0 Å². The highest BCUT2D eigenvalue weighted by molar-refractivity contribution is 5.65. The maximum Gasteiger partial charge on any atom is 0.302 e. The monoisotopic (exact) mass is 470 g/mol. The number of ether oxygens (including phenoxy) is 1. The molecule has 0 saturated heterocycles. The van der Waals surface area contributed by atoms with Crippen LogP contribution in [0.4, 0.5) is 0 Å². The molecule has 5 fully saturated rings. The Morgan fingerprint density at radius 1 is 0.765 bits per heavy atom. The lowest BCUT2D eigenvalue weighted by atomic mass is 9.32. The Kier molecular flexibility index (Phi) is 5.90. The van der Waals surface area contributed by atoms with E-state index in [2.05, 4.69) is 48.5 Å². The third-order valence-electron chi connectivity index (χ3n) is 14.0. The zero-order valence-corrected chi connectivity index (χ0v) is 23.8. The second kappa shape index (κ2) is 7.98. The van der Waals surface area contributed by atoms with E-state index in [4.69, 9.17) is 4.74 Å². The zero-order chi connectivity index (χ0) is 24.7. The Morgan fingerprint density at radius 3 is 2.03 bits per heavy atom. The van der Waals surface area contributed by atoms with Crippen LogP contribution in [0.1, 0.15) is 126 Å². The lowest BCUT2D eigenvalue weighted by molar-refractivity contribution is -0.241. The van der Waals surface area contributed by atoms with Crippen molar-refractivity contribution >= 4 is 5.97 Å². The average Bonchev–Trinajstić information content (AvgIpc) is 3.09. The van der Waals surface area contributed by atoms with E-state index in [0.29, 0.717) is 39.6 Å². The molecule has 2 nitrogen and oxygen atoms in total. The molecule has 0 aromatic carbocycles. The molecule has 0 N–H and O–H groups in total. The van der Waals surface area contributed by atoms with Gasteiger partial charge in [-0.15, -0.1) is 0 Å². The molecule has 0 aromatic rings. The fourth-order valence-corrected chi connectivity index (χ4v) is 12.4. The van der Waals surface area contributed by atoms with E-state index in [-0.39, 0.29) is 5.97 Å². The Labute approximate surface area is 210 Å². The van der Waals surface area contributed by atoms with Crippen molar-refractivity contribution in [3.63, 3.8) is 0 Å². The van der Waals surface area contributed by atoms with Crippen LogP contribution in [0.2, 0.25) is 0 Å². The number of carbonyl (C=O) groups excluding carboxylic acids is 1. The summed E-state index contributed by atoms with van der Waals surface area (Å²) < 4.78 is 5.48. The molecule has 5 aliphatic rings. The summed E-state index contributed by atoms with van der Waals surface area (Å²) >= 11 is 0. The molecule has 0 aliphatic heterocycles. The molecule has 10 atom stereocenters. The average molecular weight is 471 g/mol. The normalized spacial score (nSPS) is 52.5. The molecule has 5 rings (SSSR count). The smallest absolute Gasteiger partial charge is 0.302 e. The van der Waals surface area contributed by atoms with Gasteiger partial charge in [-0.2, -0.15) is 0 Å². The van der Waals surface area contributed by atoms with E-state index in [9.17, 15) is 4.79 Å². The van der Waals surface area contributed by atoms with E-state index in [1.165, 1.54) is 70.6 Å². The van der Waals surface area contributed by atoms with Gasteiger partial charge in [0.25, 0.3) is 0 Å². The first kappa shape index (κ1) is 25.1. The van der Waals surface area contributed by atoms with Gasteiger partial charge in [0.15, 0.2) is 0 Å². The van der Waals surface area contributed by atoms with E-state index < -0.39 is 0 Å². The summed E-state index contributed by atoms with van der Waals surface area (Å²) in [5.74, 6) is 4.60. The van der Waals surface area contributed by atoms with Crippen molar-refractivity contribution < 1.29 is 9.53 Å². The molecule has 10 unspecified atom stereocenters. The highest BCUT2D eigenvalue weighted by Gasteiger charge is 2.70. The van der Waals surface area contributed by atoms with Crippen molar-refractivity contribution in [1.29, 1.82) is 0 Å². The van der Waals surface area contributed by atoms with Gasteiger partial charge in [-0.25, -0.2) is 0 Å². The molecule has 34 heavy (non-hydrogen) atoms. The fourth-order valence-electron chi connectivity index (χ4n) is 12.4.